The van der Waals surface area contributed by atoms with Crippen LogP contribution in [0.2, 0.25) is 0 Å². The van der Waals surface area contributed by atoms with E-state index >= 15 is 0 Å². The SMILES string of the molecule is O=C(CCCCC(=O)OC(=O)c1ccc(C(=O)O)cc1)OC(=O)c1ccc(C(=O)O)cc1.O=C(CCCCC(=O)OC(=O)c1ccc(C(=O)O)cc1)OC(=O)c1ccc(C(=O)O)cc1.O=C(O)/C=C\C(=O)O. The number of carboxylic acid groups (broad SMARTS) is 6. The molecule has 6 N–H and O–H groups in total. The van der Waals surface area contributed by atoms with Crippen LogP contribution in [0.3, 0.4) is 0 Å². The summed E-state index contributed by atoms with van der Waals surface area (Å²) in [6, 6.07) is 19.4. The number of rotatable bonds is 20. The largest absolute Gasteiger partial charge is 0.478 e. The van der Waals surface area contributed by atoms with Gasteiger partial charge in [0.05, 0.1) is 44.5 Å². The molecular weight excluding hydrogens is 961 g/mol. The zero-order valence-electron chi connectivity index (χ0n) is 37.1. The summed E-state index contributed by atoms with van der Waals surface area (Å²) in [5, 5.41) is 50.9. The zero-order valence-corrected chi connectivity index (χ0v) is 37.1. The van der Waals surface area contributed by atoms with Crippen LogP contribution >= 0.6 is 0 Å². The summed E-state index contributed by atoms with van der Waals surface area (Å²) < 4.78 is 18.6. The molecule has 0 aliphatic rings. The van der Waals surface area contributed by atoms with Crippen molar-refractivity contribution in [1.82, 2.24) is 0 Å². The van der Waals surface area contributed by atoms with E-state index in [4.69, 9.17) is 30.6 Å². The van der Waals surface area contributed by atoms with Crippen LogP contribution in [0.15, 0.2) is 109 Å². The van der Waals surface area contributed by atoms with Gasteiger partial charge in [0.1, 0.15) is 0 Å². The van der Waals surface area contributed by atoms with Crippen molar-refractivity contribution >= 4 is 83.6 Å². The van der Waals surface area contributed by atoms with Crippen LogP contribution in [-0.4, -0.2) is 114 Å². The molecule has 4 rings (SSSR count). The molecule has 0 bridgehead atoms. The van der Waals surface area contributed by atoms with Crippen molar-refractivity contribution in [3.63, 3.8) is 0 Å². The molecule has 0 atom stereocenters. The number of unbranched alkanes of at least 4 members (excludes halogenated alkanes) is 2. The van der Waals surface area contributed by atoms with E-state index in [1.54, 1.807) is 0 Å². The molecule has 24 heteroatoms. The number of carboxylic acids is 6. The molecule has 0 saturated heterocycles. The molecule has 4 aromatic rings. The Morgan fingerprint density at radius 3 is 0.569 bits per heavy atom. The fourth-order valence-electron chi connectivity index (χ4n) is 5.07. The summed E-state index contributed by atoms with van der Waals surface area (Å²) in [6.07, 6.45) is 1.27. The Morgan fingerprint density at radius 2 is 0.431 bits per heavy atom. The Balaban J connectivity index is 0.000000428. The second-order valence-electron chi connectivity index (χ2n) is 14.0. The van der Waals surface area contributed by atoms with Crippen molar-refractivity contribution in [3.05, 3.63) is 154 Å². The van der Waals surface area contributed by atoms with Crippen molar-refractivity contribution in [2.24, 2.45) is 0 Å². The maximum Gasteiger partial charge on any atom is 0.345 e. The van der Waals surface area contributed by atoms with E-state index in [1.807, 2.05) is 0 Å². The van der Waals surface area contributed by atoms with Gasteiger partial charge in [-0.3, -0.25) is 19.2 Å². The minimum Gasteiger partial charge on any atom is -0.478 e. The first kappa shape index (κ1) is 58.1. The molecule has 0 spiro atoms. The number of carbonyl (C=O) groups is 14. The lowest BCUT2D eigenvalue weighted by atomic mass is 10.1. The Morgan fingerprint density at radius 1 is 0.278 bits per heavy atom. The topological polar surface area (TPSA) is 397 Å². The zero-order chi connectivity index (χ0) is 53.9. The Labute approximate surface area is 404 Å². The van der Waals surface area contributed by atoms with Crippen molar-refractivity contribution in [1.29, 1.82) is 0 Å². The molecule has 24 nitrogen and oxygen atoms in total. The first-order valence-corrected chi connectivity index (χ1v) is 20.4. The van der Waals surface area contributed by atoms with Crippen LogP contribution < -0.4 is 0 Å². The molecule has 0 saturated carbocycles. The van der Waals surface area contributed by atoms with Crippen LogP contribution in [-0.2, 0) is 47.7 Å². The van der Waals surface area contributed by atoms with Gasteiger partial charge in [0, 0.05) is 37.8 Å². The van der Waals surface area contributed by atoms with E-state index < -0.39 is 83.6 Å². The number of aromatic carboxylic acids is 4. The van der Waals surface area contributed by atoms with Gasteiger partial charge in [-0.05, 0) is 123 Å². The third kappa shape index (κ3) is 22.2. The molecule has 0 radical (unpaired) electrons. The molecule has 0 fully saturated rings. The summed E-state index contributed by atoms with van der Waals surface area (Å²) in [5.74, 6) is -14.1. The number of benzene rings is 4. The third-order valence-electron chi connectivity index (χ3n) is 8.69. The van der Waals surface area contributed by atoms with Gasteiger partial charge >= 0.3 is 83.6 Å². The summed E-state index contributed by atoms with van der Waals surface area (Å²) in [6.45, 7) is 0. The lowest BCUT2D eigenvalue weighted by molar-refractivity contribution is -0.140. The minimum absolute atomic E-state index is 0.0156. The molecule has 0 aromatic heterocycles. The van der Waals surface area contributed by atoms with E-state index in [9.17, 15) is 67.1 Å². The molecule has 0 aliphatic heterocycles. The Hall–Kier alpha value is -10.0. The van der Waals surface area contributed by atoms with E-state index in [2.05, 4.69) is 18.9 Å². The van der Waals surface area contributed by atoms with Gasteiger partial charge in [0.2, 0.25) is 0 Å². The van der Waals surface area contributed by atoms with Crippen molar-refractivity contribution in [3.8, 4) is 0 Å². The van der Waals surface area contributed by atoms with Gasteiger partial charge in [0.25, 0.3) is 0 Å². The van der Waals surface area contributed by atoms with E-state index in [0.29, 0.717) is 12.2 Å². The van der Waals surface area contributed by atoms with Gasteiger partial charge in [-0.25, -0.2) is 47.9 Å². The monoisotopic (exact) mass is 1000 g/mol. The number of hydrogen-bond acceptors (Lipinski definition) is 18. The summed E-state index contributed by atoms with van der Waals surface area (Å²) in [4.78, 5) is 157. The molecule has 0 aliphatic carbocycles. The molecule has 72 heavy (non-hydrogen) atoms. The van der Waals surface area contributed by atoms with Crippen LogP contribution in [0, 0.1) is 0 Å². The van der Waals surface area contributed by atoms with E-state index in [-0.39, 0.29) is 95.9 Å². The van der Waals surface area contributed by atoms with Gasteiger partial charge in [0.15, 0.2) is 0 Å². The smallest absolute Gasteiger partial charge is 0.345 e. The standard InChI is InChI=1S/2C22H18O10.C4H4O4/c2*23-17(31-21(29)15-9-5-13(6-10-15)19(25)26)3-1-2-4-18(24)32-22(30)16-11-7-14(8-12-16)20(27)28;5-3(6)1-2-4(7)8/h2*5-12H,1-4H2,(H,25,26)(H,27,28);1-2H,(H,5,6)(H,7,8)/b;;2-1-. The lowest BCUT2D eigenvalue weighted by Crippen LogP contribution is -2.14. The van der Waals surface area contributed by atoms with Gasteiger partial charge in [-0.1, -0.05) is 0 Å². The second-order valence-corrected chi connectivity index (χ2v) is 14.0. The first-order chi connectivity index (χ1) is 34.0. The van der Waals surface area contributed by atoms with Gasteiger partial charge in [-0.2, -0.15) is 0 Å². The molecule has 0 unspecified atom stereocenters. The van der Waals surface area contributed by atoms with E-state index in [0.717, 1.165) is 0 Å². The highest BCUT2D eigenvalue weighted by molar-refractivity contribution is 6.00. The Bertz CT molecular complexity index is 2360. The van der Waals surface area contributed by atoms with Crippen molar-refractivity contribution < 1.29 is 117 Å². The highest BCUT2D eigenvalue weighted by Gasteiger charge is 2.19. The summed E-state index contributed by atoms with van der Waals surface area (Å²) in [5.41, 5.74) is -0.00983. The molecule has 0 amide bonds. The van der Waals surface area contributed by atoms with Gasteiger partial charge in [-0.15, -0.1) is 0 Å². The fraction of sp³-hybridized carbons (Fsp3) is 0.167. The average Bonchev–Trinajstić information content (AvgIpc) is 3.34. The first-order valence-electron chi connectivity index (χ1n) is 20.4. The maximum atomic E-state index is 11.9. The van der Waals surface area contributed by atoms with Crippen molar-refractivity contribution in [2.75, 3.05) is 0 Å². The van der Waals surface area contributed by atoms with Crippen molar-refractivity contribution in [2.45, 2.75) is 51.4 Å². The quantitative estimate of drug-likeness (QED) is 0.0219. The predicted molar refractivity (Wildman–Crippen MR) is 237 cm³/mol. The van der Waals surface area contributed by atoms with E-state index in [1.165, 1.54) is 97.1 Å². The molecule has 376 valence electrons. The normalized spacial score (nSPS) is 10.1. The molecular formula is C48H40O24. The predicted octanol–water partition coefficient (Wildman–Crippen LogP) is 5.13. The number of carbonyl (C=O) groups excluding carboxylic acids is 8. The number of aliphatic carboxylic acids is 2. The minimum atomic E-state index is -1.26. The summed E-state index contributed by atoms with van der Waals surface area (Å²) >= 11 is 0. The third-order valence-corrected chi connectivity index (χ3v) is 8.69. The lowest BCUT2D eigenvalue weighted by Gasteiger charge is -2.05. The molecule has 4 aromatic carbocycles. The highest BCUT2D eigenvalue weighted by atomic mass is 16.6. The second kappa shape index (κ2) is 29.7. The Kier molecular flexibility index (Phi) is 24.0. The molecule has 0 heterocycles. The van der Waals surface area contributed by atoms with Gasteiger partial charge < -0.3 is 49.6 Å². The van der Waals surface area contributed by atoms with Crippen LogP contribution in [0.4, 0.5) is 0 Å². The van der Waals surface area contributed by atoms with Crippen LogP contribution in [0.5, 0.6) is 0 Å². The summed E-state index contributed by atoms with van der Waals surface area (Å²) in [7, 11) is 0. The average molecular weight is 1000 g/mol. The number of esters is 8. The fourth-order valence-corrected chi connectivity index (χ4v) is 5.07. The maximum absolute atomic E-state index is 11.9. The number of hydrogen-bond donors (Lipinski definition) is 6. The van der Waals surface area contributed by atoms with Crippen LogP contribution in [0.1, 0.15) is 134 Å². The van der Waals surface area contributed by atoms with Crippen LogP contribution in [0.25, 0.3) is 0 Å². The highest BCUT2D eigenvalue weighted by Crippen LogP contribution is 2.13. The number of ether oxygens (including phenoxy) is 4.